The van der Waals surface area contributed by atoms with Gasteiger partial charge in [0.15, 0.2) is 0 Å². The van der Waals surface area contributed by atoms with Crippen LogP contribution in [0.1, 0.15) is 38.3 Å². The maximum Gasteiger partial charge on any atom is 0.407 e. The highest BCUT2D eigenvalue weighted by Crippen LogP contribution is 2.16. The van der Waals surface area contributed by atoms with Crippen LogP contribution in [-0.2, 0) is 20.9 Å². The summed E-state index contributed by atoms with van der Waals surface area (Å²) in [5, 5.41) is 8.67. The van der Waals surface area contributed by atoms with E-state index in [1.54, 1.807) is 45.0 Å². The number of halogens is 1. The van der Waals surface area contributed by atoms with Crippen LogP contribution in [0, 0.1) is 0 Å². The smallest absolute Gasteiger partial charge is 0.407 e. The summed E-state index contributed by atoms with van der Waals surface area (Å²) in [6.07, 6.45) is 2.66. The Morgan fingerprint density at radius 1 is 1.00 bits per heavy atom. The van der Waals surface area contributed by atoms with Crippen molar-refractivity contribution in [3.8, 4) is 0 Å². The molecule has 2 rings (SSSR count). The molecule has 0 aromatic heterocycles. The topological polar surface area (TPSA) is 96.5 Å². The number of anilines is 1. The monoisotopic (exact) mass is 457 g/mol. The molecule has 8 heteroatoms. The number of hydrogen-bond donors (Lipinski definition) is 3. The Kier molecular flexibility index (Phi) is 9.28. The predicted octanol–water partition coefficient (Wildman–Crippen LogP) is 4.52. The quantitative estimate of drug-likeness (QED) is 0.507. The van der Waals surface area contributed by atoms with Gasteiger partial charge >= 0.3 is 6.09 Å². The fraction of sp³-hybridized carbons (Fsp3) is 0.292. The van der Waals surface area contributed by atoms with E-state index in [1.807, 2.05) is 30.3 Å². The highest BCUT2D eigenvalue weighted by molar-refractivity contribution is 6.32. The Bertz CT molecular complexity index is 966. The fourth-order valence-corrected chi connectivity index (χ4v) is 2.74. The first-order valence-electron chi connectivity index (χ1n) is 10.2. The molecule has 0 saturated carbocycles. The van der Waals surface area contributed by atoms with Crippen LogP contribution < -0.4 is 16.0 Å². The van der Waals surface area contributed by atoms with Crippen LogP contribution in [0.2, 0.25) is 5.02 Å². The van der Waals surface area contributed by atoms with Gasteiger partial charge in [0.1, 0.15) is 5.60 Å². The van der Waals surface area contributed by atoms with Gasteiger partial charge in [-0.3, -0.25) is 9.59 Å². The van der Waals surface area contributed by atoms with E-state index >= 15 is 0 Å². The second-order valence-electron chi connectivity index (χ2n) is 8.00. The zero-order valence-corrected chi connectivity index (χ0v) is 19.2. The van der Waals surface area contributed by atoms with Crippen LogP contribution in [0.4, 0.5) is 10.5 Å². The number of benzene rings is 2. The van der Waals surface area contributed by atoms with Crippen LogP contribution in [0.5, 0.6) is 0 Å². The summed E-state index contributed by atoms with van der Waals surface area (Å²) in [5.74, 6) is -0.466. The molecule has 0 unspecified atom stereocenters. The average molecular weight is 458 g/mol. The third-order valence-electron chi connectivity index (χ3n) is 4.04. The number of carbonyl (C=O) groups is 3. The van der Waals surface area contributed by atoms with Gasteiger partial charge in [-0.05, 0) is 56.2 Å². The standard InChI is InChI=1S/C24H28ClN3O4/c1-24(2,3)32-23(31)26-15-14-22(30)28-19-11-8-17(9-12-19)16-27-21(29)13-10-18-6-4-5-7-20(18)25/h4-13H,14-16H2,1-3H3,(H,26,31)(H,27,29)(H,28,30)/b13-10+. The van der Waals surface area contributed by atoms with Crippen molar-refractivity contribution in [1.29, 1.82) is 0 Å². The van der Waals surface area contributed by atoms with E-state index in [1.165, 1.54) is 6.08 Å². The van der Waals surface area contributed by atoms with E-state index < -0.39 is 11.7 Å². The minimum atomic E-state index is -0.584. The van der Waals surface area contributed by atoms with Gasteiger partial charge in [-0.25, -0.2) is 4.79 Å². The molecule has 0 bridgehead atoms. The molecule has 0 saturated heterocycles. The summed E-state index contributed by atoms with van der Waals surface area (Å²) in [4.78, 5) is 35.6. The summed E-state index contributed by atoms with van der Waals surface area (Å²) in [5.41, 5.74) is 1.69. The molecule has 3 N–H and O–H groups in total. The number of nitrogens with one attached hydrogen (secondary N) is 3. The molecule has 0 atom stereocenters. The lowest BCUT2D eigenvalue weighted by molar-refractivity contribution is -0.117. The number of carbonyl (C=O) groups excluding carboxylic acids is 3. The molecule has 0 aliphatic carbocycles. The largest absolute Gasteiger partial charge is 0.444 e. The van der Waals surface area contributed by atoms with E-state index in [4.69, 9.17) is 16.3 Å². The lowest BCUT2D eigenvalue weighted by Crippen LogP contribution is -2.34. The van der Waals surface area contributed by atoms with Crippen molar-refractivity contribution in [2.75, 3.05) is 11.9 Å². The highest BCUT2D eigenvalue weighted by atomic mass is 35.5. The van der Waals surface area contributed by atoms with Crippen molar-refractivity contribution in [2.24, 2.45) is 0 Å². The first-order chi connectivity index (χ1) is 15.1. The molecule has 0 radical (unpaired) electrons. The van der Waals surface area contributed by atoms with E-state index in [2.05, 4.69) is 16.0 Å². The van der Waals surface area contributed by atoms with Crippen LogP contribution in [0.3, 0.4) is 0 Å². The summed E-state index contributed by atoms with van der Waals surface area (Å²) < 4.78 is 5.11. The molecule has 2 aromatic rings. The molecule has 7 nitrogen and oxygen atoms in total. The average Bonchev–Trinajstić information content (AvgIpc) is 2.71. The number of rotatable bonds is 8. The first-order valence-corrected chi connectivity index (χ1v) is 10.6. The van der Waals surface area contributed by atoms with Crippen LogP contribution in [0.25, 0.3) is 6.08 Å². The van der Waals surface area contributed by atoms with Gasteiger partial charge in [-0.1, -0.05) is 41.9 Å². The zero-order chi connectivity index (χ0) is 23.6. The third kappa shape index (κ3) is 9.66. The molecular formula is C24H28ClN3O4. The predicted molar refractivity (Wildman–Crippen MR) is 126 cm³/mol. The summed E-state index contributed by atoms with van der Waals surface area (Å²) in [6.45, 7) is 5.83. The third-order valence-corrected chi connectivity index (χ3v) is 4.39. The Hall–Kier alpha value is -3.32. The van der Waals surface area contributed by atoms with Crippen molar-refractivity contribution >= 4 is 41.3 Å². The number of hydrogen-bond acceptors (Lipinski definition) is 4. The molecule has 0 heterocycles. The van der Waals surface area contributed by atoms with Crippen LogP contribution in [-0.4, -0.2) is 30.1 Å². The van der Waals surface area contributed by atoms with Crippen LogP contribution in [0.15, 0.2) is 54.6 Å². The van der Waals surface area contributed by atoms with Gasteiger partial charge < -0.3 is 20.7 Å². The minimum absolute atomic E-state index is 0.120. The molecular weight excluding hydrogens is 430 g/mol. The minimum Gasteiger partial charge on any atom is -0.444 e. The van der Waals surface area contributed by atoms with Gasteiger partial charge in [0, 0.05) is 36.3 Å². The van der Waals surface area contributed by atoms with Crippen molar-refractivity contribution in [2.45, 2.75) is 39.3 Å². The maximum atomic E-state index is 12.0. The van der Waals surface area contributed by atoms with Crippen molar-refractivity contribution in [3.63, 3.8) is 0 Å². The van der Waals surface area contributed by atoms with E-state index in [-0.39, 0.29) is 24.8 Å². The normalized spacial score (nSPS) is 11.1. The Balaban J connectivity index is 1.72. The number of alkyl carbamates (subject to hydrolysis) is 1. The molecule has 0 fully saturated rings. The van der Waals surface area contributed by atoms with E-state index in [9.17, 15) is 14.4 Å². The lowest BCUT2D eigenvalue weighted by atomic mass is 10.2. The summed E-state index contributed by atoms with van der Waals surface area (Å²) in [7, 11) is 0. The highest BCUT2D eigenvalue weighted by Gasteiger charge is 2.15. The first kappa shape index (κ1) is 24.9. The van der Waals surface area contributed by atoms with Crippen molar-refractivity contribution in [1.82, 2.24) is 10.6 Å². The van der Waals surface area contributed by atoms with Gasteiger partial charge in [-0.2, -0.15) is 0 Å². The number of amides is 3. The maximum absolute atomic E-state index is 12.0. The Morgan fingerprint density at radius 2 is 1.69 bits per heavy atom. The second kappa shape index (κ2) is 11.9. The van der Waals surface area contributed by atoms with Gasteiger partial charge in [0.05, 0.1) is 0 Å². The second-order valence-corrected chi connectivity index (χ2v) is 8.40. The molecule has 0 aliphatic rings. The fourth-order valence-electron chi connectivity index (χ4n) is 2.55. The van der Waals surface area contributed by atoms with Crippen molar-refractivity contribution < 1.29 is 19.1 Å². The van der Waals surface area contributed by atoms with Gasteiger partial charge in [0.25, 0.3) is 0 Å². The molecule has 32 heavy (non-hydrogen) atoms. The zero-order valence-electron chi connectivity index (χ0n) is 18.4. The number of ether oxygens (including phenoxy) is 1. The summed E-state index contributed by atoms with van der Waals surface area (Å²) >= 11 is 6.06. The SMILES string of the molecule is CC(C)(C)OC(=O)NCCC(=O)Nc1ccc(CNC(=O)/C=C/c2ccccc2Cl)cc1. The molecule has 0 aliphatic heterocycles. The van der Waals surface area contributed by atoms with Gasteiger partial charge in [-0.15, -0.1) is 0 Å². The Morgan fingerprint density at radius 3 is 2.34 bits per heavy atom. The van der Waals surface area contributed by atoms with Crippen LogP contribution >= 0.6 is 11.6 Å². The Labute approximate surface area is 193 Å². The molecule has 170 valence electrons. The van der Waals surface area contributed by atoms with E-state index in [0.29, 0.717) is 17.3 Å². The van der Waals surface area contributed by atoms with Crippen molar-refractivity contribution in [3.05, 3.63) is 70.8 Å². The molecule has 0 spiro atoms. The summed E-state index contributed by atoms with van der Waals surface area (Å²) in [6, 6.07) is 14.4. The van der Waals surface area contributed by atoms with E-state index in [0.717, 1.165) is 11.1 Å². The molecule has 3 amide bonds. The molecule has 2 aromatic carbocycles. The van der Waals surface area contributed by atoms with Gasteiger partial charge in [0.2, 0.25) is 11.8 Å². The lowest BCUT2D eigenvalue weighted by Gasteiger charge is -2.19.